The molecule has 21 heavy (non-hydrogen) atoms. The van der Waals surface area contributed by atoms with E-state index in [9.17, 15) is 24.5 Å². The molecule has 1 fully saturated rings. The second-order valence-electron chi connectivity index (χ2n) is 4.75. The molecule has 2 heterocycles. The number of nitrogens with zero attached hydrogens (tertiary/aromatic N) is 2. The van der Waals surface area contributed by atoms with Gasteiger partial charge in [-0.05, 0) is 12.8 Å². The maximum atomic E-state index is 12.3. The molecule has 9 nitrogen and oxygen atoms in total. The normalized spacial score (nSPS) is 17.7. The van der Waals surface area contributed by atoms with Crippen molar-refractivity contribution < 1.29 is 19.6 Å². The predicted octanol–water partition coefficient (Wildman–Crippen LogP) is 0.362. The van der Waals surface area contributed by atoms with Crippen molar-refractivity contribution in [3.05, 3.63) is 38.3 Å². The Morgan fingerprint density at radius 2 is 2.24 bits per heavy atom. The summed E-state index contributed by atoms with van der Waals surface area (Å²) in [4.78, 5) is 48.2. The Morgan fingerprint density at radius 1 is 1.52 bits per heavy atom. The smallest absolute Gasteiger partial charge is 0.305 e. The van der Waals surface area contributed by atoms with E-state index in [1.54, 1.807) is 0 Å². The Bertz CT molecular complexity index is 653. The van der Waals surface area contributed by atoms with E-state index in [1.807, 2.05) is 0 Å². The number of nitrogens with one attached hydrogen (secondary N) is 1. The maximum Gasteiger partial charge on any atom is 0.305 e. The lowest BCUT2D eigenvalue weighted by molar-refractivity contribution is -0.385. The fourth-order valence-electron chi connectivity index (χ4n) is 2.41. The second-order valence-corrected chi connectivity index (χ2v) is 4.75. The number of aromatic nitrogens is 1. The molecule has 1 atom stereocenters. The third-order valence-corrected chi connectivity index (χ3v) is 3.38. The Morgan fingerprint density at radius 3 is 2.86 bits per heavy atom. The minimum absolute atomic E-state index is 0.210. The van der Waals surface area contributed by atoms with Crippen molar-refractivity contribution in [3.8, 4) is 0 Å². The van der Waals surface area contributed by atoms with E-state index in [0.29, 0.717) is 19.4 Å². The van der Waals surface area contributed by atoms with Gasteiger partial charge in [0.25, 0.3) is 17.2 Å². The Balaban J connectivity index is 2.31. The summed E-state index contributed by atoms with van der Waals surface area (Å²) >= 11 is 0. The highest BCUT2D eigenvalue weighted by molar-refractivity contribution is 5.95. The third kappa shape index (κ3) is 3.07. The van der Waals surface area contributed by atoms with E-state index < -0.39 is 34.1 Å². The fourth-order valence-corrected chi connectivity index (χ4v) is 2.41. The molecular formula is C12H13N3O6. The van der Waals surface area contributed by atoms with E-state index in [-0.39, 0.29) is 12.0 Å². The average molecular weight is 295 g/mol. The van der Waals surface area contributed by atoms with Gasteiger partial charge in [0.05, 0.1) is 17.5 Å². The van der Waals surface area contributed by atoms with Crippen LogP contribution in [0.5, 0.6) is 0 Å². The first-order valence-corrected chi connectivity index (χ1v) is 6.30. The number of pyridine rings is 1. The molecule has 0 aliphatic carbocycles. The highest BCUT2D eigenvalue weighted by atomic mass is 16.6. The SMILES string of the molecule is O=C(O)CC1CCCN1C(=O)c1cc([N+](=O)[O-])c[nH]c1=O. The largest absolute Gasteiger partial charge is 0.481 e. The Hall–Kier alpha value is -2.71. The van der Waals surface area contributed by atoms with Crippen molar-refractivity contribution in [3.63, 3.8) is 0 Å². The molecule has 1 saturated heterocycles. The number of aliphatic carboxylic acids is 1. The number of nitro groups is 1. The molecule has 112 valence electrons. The zero-order chi connectivity index (χ0) is 15.6. The van der Waals surface area contributed by atoms with Gasteiger partial charge in [0.2, 0.25) is 0 Å². The summed E-state index contributed by atoms with van der Waals surface area (Å²) in [6, 6.07) is 0.422. The summed E-state index contributed by atoms with van der Waals surface area (Å²) in [7, 11) is 0. The molecule has 0 bridgehead atoms. The number of carboxylic acids is 1. The lowest BCUT2D eigenvalue weighted by atomic mass is 10.1. The number of carboxylic acid groups (broad SMARTS) is 1. The van der Waals surface area contributed by atoms with Crippen LogP contribution in [0.3, 0.4) is 0 Å². The summed E-state index contributed by atoms with van der Waals surface area (Å²) in [6.45, 7) is 0.332. The minimum Gasteiger partial charge on any atom is -0.481 e. The van der Waals surface area contributed by atoms with Crippen molar-refractivity contribution in [2.45, 2.75) is 25.3 Å². The van der Waals surface area contributed by atoms with Crippen LogP contribution in [0.25, 0.3) is 0 Å². The highest BCUT2D eigenvalue weighted by Gasteiger charge is 2.32. The molecule has 1 amide bonds. The van der Waals surface area contributed by atoms with Gasteiger partial charge < -0.3 is 15.0 Å². The summed E-state index contributed by atoms with van der Waals surface area (Å²) < 4.78 is 0. The summed E-state index contributed by atoms with van der Waals surface area (Å²) in [6.07, 6.45) is 1.87. The number of carbonyl (C=O) groups is 2. The molecule has 0 spiro atoms. The molecule has 0 aromatic carbocycles. The van der Waals surface area contributed by atoms with Crippen LogP contribution in [0.2, 0.25) is 0 Å². The first-order chi connectivity index (χ1) is 9.90. The number of aromatic amines is 1. The van der Waals surface area contributed by atoms with Gasteiger partial charge in [0, 0.05) is 18.7 Å². The van der Waals surface area contributed by atoms with E-state index in [1.165, 1.54) is 4.90 Å². The van der Waals surface area contributed by atoms with Crippen molar-refractivity contribution in [1.29, 1.82) is 0 Å². The number of hydrogen-bond acceptors (Lipinski definition) is 5. The number of rotatable bonds is 4. The van der Waals surface area contributed by atoms with Gasteiger partial charge in [-0.2, -0.15) is 0 Å². The summed E-state index contributed by atoms with van der Waals surface area (Å²) in [5, 5.41) is 19.5. The topological polar surface area (TPSA) is 134 Å². The number of hydrogen-bond donors (Lipinski definition) is 2. The molecule has 0 saturated carbocycles. The second kappa shape index (κ2) is 5.73. The van der Waals surface area contributed by atoms with Gasteiger partial charge in [-0.1, -0.05) is 0 Å². The van der Waals surface area contributed by atoms with E-state index in [4.69, 9.17) is 5.11 Å². The van der Waals surface area contributed by atoms with Gasteiger partial charge in [0.15, 0.2) is 0 Å². The number of amides is 1. The van der Waals surface area contributed by atoms with Gasteiger partial charge in [0.1, 0.15) is 5.56 Å². The number of carbonyl (C=O) groups excluding carboxylic acids is 1. The first kappa shape index (κ1) is 14.7. The molecule has 1 aliphatic heterocycles. The number of H-pyrrole nitrogens is 1. The fraction of sp³-hybridized carbons (Fsp3) is 0.417. The molecule has 1 aromatic heterocycles. The molecule has 9 heteroatoms. The van der Waals surface area contributed by atoms with Gasteiger partial charge >= 0.3 is 5.97 Å². The van der Waals surface area contributed by atoms with Crippen molar-refractivity contribution >= 4 is 17.6 Å². The van der Waals surface area contributed by atoms with E-state index in [0.717, 1.165) is 12.3 Å². The zero-order valence-corrected chi connectivity index (χ0v) is 10.9. The van der Waals surface area contributed by atoms with E-state index >= 15 is 0 Å². The Kier molecular flexibility index (Phi) is 4.01. The molecular weight excluding hydrogens is 282 g/mol. The van der Waals surface area contributed by atoms with Crippen LogP contribution >= 0.6 is 0 Å². The quantitative estimate of drug-likeness (QED) is 0.608. The molecule has 1 aliphatic rings. The van der Waals surface area contributed by atoms with Crippen molar-refractivity contribution in [2.75, 3.05) is 6.54 Å². The van der Waals surface area contributed by atoms with Crippen molar-refractivity contribution in [1.82, 2.24) is 9.88 Å². The molecule has 1 unspecified atom stereocenters. The summed E-state index contributed by atoms with van der Waals surface area (Å²) in [5.74, 6) is -1.71. The minimum atomic E-state index is -1.03. The van der Waals surface area contributed by atoms with Crippen LogP contribution in [-0.2, 0) is 4.79 Å². The van der Waals surface area contributed by atoms with Crippen LogP contribution in [0, 0.1) is 10.1 Å². The van der Waals surface area contributed by atoms with Crippen LogP contribution in [0.1, 0.15) is 29.6 Å². The van der Waals surface area contributed by atoms with Crippen LogP contribution in [0.15, 0.2) is 17.1 Å². The lowest BCUT2D eigenvalue weighted by Crippen LogP contribution is -2.39. The highest BCUT2D eigenvalue weighted by Crippen LogP contribution is 2.22. The predicted molar refractivity (Wildman–Crippen MR) is 70.0 cm³/mol. The number of likely N-dealkylation sites (tertiary alicyclic amines) is 1. The molecule has 2 rings (SSSR count). The first-order valence-electron chi connectivity index (χ1n) is 6.30. The van der Waals surface area contributed by atoms with Crippen LogP contribution < -0.4 is 5.56 Å². The molecule has 2 N–H and O–H groups in total. The molecule has 0 radical (unpaired) electrons. The monoisotopic (exact) mass is 295 g/mol. The van der Waals surface area contributed by atoms with Crippen LogP contribution in [-0.4, -0.2) is 44.4 Å². The Labute approximate surface area is 118 Å². The van der Waals surface area contributed by atoms with Crippen molar-refractivity contribution in [2.24, 2.45) is 0 Å². The lowest BCUT2D eigenvalue weighted by Gasteiger charge is -2.23. The standard InChI is InChI=1S/C12H13N3O6/c16-10(17)5-7-2-1-3-14(7)12(19)9-4-8(15(20)21)6-13-11(9)18/h4,6-7H,1-3,5H2,(H,13,18)(H,16,17). The van der Waals surface area contributed by atoms with Gasteiger partial charge in [-0.25, -0.2) is 0 Å². The van der Waals surface area contributed by atoms with E-state index in [2.05, 4.69) is 4.98 Å². The third-order valence-electron chi connectivity index (χ3n) is 3.38. The van der Waals surface area contributed by atoms with Gasteiger partial charge in [-0.3, -0.25) is 24.5 Å². The summed E-state index contributed by atoms with van der Waals surface area (Å²) in [5.41, 5.74) is -1.47. The maximum absolute atomic E-state index is 12.3. The molecule has 1 aromatic rings. The van der Waals surface area contributed by atoms with Crippen LogP contribution in [0.4, 0.5) is 5.69 Å². The van der Waals surface area contributed by atoms with Gasteiger partial charge in [-0.15, -0.1) is 0 Å². The zero-order valence-electron chi connectivity index (χ0n) is 10.9. The average Bonchev–Trinajstić information content (AvgIpc) is 2.85.